The van der Waals surface area contributed by atoms with E-state index in [2.05, 4.69) is 0 Å². The summed E-state index contributed by atoms with van der Waals surface area (Å²) in [5.74, 6) is 1.64. The number of nitrogens with zero attached hydrogens (tertiary/aromatic N) is 2. The zero-order chi connectivity index (χ0) is 18.8. The average molecular weight is 370 g/mol. The van der Waals surface area contributed by atoms with E-state index in [1.165, 1.54) is 6.26 Å². The van der Waals surface area contributed by atoms with E-state index >= 15 is 0 Å². The van der Waals surface area contributed by atoms with E-state index in [1.807, 2.05) is 23.1 Å². The number of methoxy groups -OCH3 is 1. The highest BCUT2D eigenvalue weighted by molar-refractivity contribution is 5.91. The number of carbonyl (C=O) groups is 2. The van der Waals surface area contributed by atoms with Crippen LogP contribution in [0.1, 0.15) is 16.1 Å². The van der Waals surface area contributed by atoms with E-state index in [9.17, 15) is 9.59 Å². The minimum Gasteiger partial charge on any atom is -0.497 e. The molecule has 0 unspecified atom stereocenters. The summed E-state index contributed by atoms with van der Waals surface area (Å²) < 4.78 is 16.2. The van der Waals surface area contributed by atoms with Gasteiger partial charge in [-0.05, 0) is 42.3 Å². The fourth-order valence-corrected chi connectivity index (χ4v) is 3.60. The molecule has 1 aromatic carbocycles. The number of furan rings is 1. The number of ether oxygens (including phenoxy) is 2. The third-order valence-corrected chi connectivity index (χ3v) is 5.13. The largest absolute Gasteiger partial charge is 0.497 e. The van der Waals surface area contributed by atoms with Crippen LogP contribution in [-0.4, -0.2) is 61.5 Å². The third kappa shape index (κ3) is 3.49. The molecule has 4 rings (SSSR count). The van der Waals surface area contributed by atoms with Crippen molar-refractivity contribution < 1.29 is 23.5 Å². The highest BCUT2D eigenvalue weighted by atomic mass is 16.5. The highest BCUT2D eigenvalue weighted by Gasteiger charge is 2.32. The molecule has 3 heterocycles. The van der Waals surface area contributed by atoms with Crippen LogP contribution in [0.3, 0.4) is 0 Å². The van der Waals surface area contributed by atoms with Crippen molar-refractivity contribution in [2.24, 2.45) is 5.92 Å². The molecule has 142 valence electrons. The van der Waals surface area contributed by atoms with Gasteiger partial charge in [0.2, 0.25) is 5.91 Å². The van der Waals surface area contributed by atoms with Crippen LogP contribution < -0.4 is 9.47 Å². The monoisotopic (exact) mass is 370 g/mol. The number of piperazine rings is 1. The van der Waals surface area contributed by atoms with Gasteiger partial charge in [-0.1, -0.05) is 0 Å². The van der Waals surface area contributed by atoms with Crippen molar-refractivity contribution in [2.45, 2.75) is 6.42 Å². The lowest BCUT2D eigenvalue weighted by Crippen LogP contribution is -2.53. The molecule has 0 N–H and O–H groups in total. The molecule has 2 amide bonds. The summed E-state index contributed by atoms with van der Waals surface area (Å²) in [5.41, 5.74) is 0.991. The Hall–Kier alpha value is -2.96. The molecule has 0 aliphatic carbocycles. The van der Waals surface area contributed by atoms with Crippen molar-refractivity contribution in [3.63, 3.8) is 0 Å². The molecule has 2 aliphatic rings. The summed E-state index contributed by atoms with van der Waals surface area (Å²) in [6, 6.07) is 9.02. The summed E-state index contributed by atoms with van der Waals surface area (Å²) in [4.78, 5) is 28.8. The number of carbonyl (C=O) groups excluding carboxylic acids is 2. The molecule has 2 aliphatic heterocycles. The Morgan fingerprint density at radius 3 is 2.59 bits per heavy atom. The van der Waals surface area contributed by atoms with Gasteiger partial charge in [-0.3, -0.25) is 9.59 Å². The molecule has 0 radical (unpaired) electrons. The van der Waals surface area contributed by atoms with Crippen LogP contribution in [0.5, 0.6) is 11.5 Å². The van der Waals surface area contributed by atoms with E-state index in [4.69, 9.17) is 13.9 Å². The van der Waals surface area contributed by atoms with E-state index in [0.717, 1.165) is 17.1 Å². The first-order valence-corrected chi connectivity index (χ1v) is 9.07. The molecule has 1 aromatic heterocycles. The summed E-state index contributed by atoms with van der Waals surface area (Å²) in [6.07, 6.45) is 2.12. The number of hydrogen-bond acceptors (Lipinski definition) is 5. The minimum atomic E-state index is -0.211. The zero-order valence-corrected chi connectivity index (χ0v) is 15.2. The first-order valence-electron chi connectivity index (χ1n) is 9.07. The summed E-state index contributed by atoms with van der Waals surface area (Å²) in [6.45, 7) is 2.43. The molecule has 0 saturated carbocycles. The summed E-state index contributed by atoms with van der Waals surface area (Å²) in [7, 11) is 1.62. The number of fused-ring (bicyclic) bond motifs is 1. The van der Waals surface area contributed by atoms with Crippen LogP contribution in [-0.2, 0) is 11.2 Å². The van der Waals surface area contributed by atoms with Gasteiger partial charge in [-0.25, -0.2) is 0 Å². The van der Waals surface area contributed by atoms with Gasteiger partial charge in [0.25, 0.3) is 5.91 Å². The van der Waals surface area contributed by atoms with Gasteiger partial charge in [0.1, 0.15) is 18.1 Å². The van der Waals surface area contributed by atoms with Crippen molar-refractivity contribution >= 4 is 11.8 Å². The maximum absolute atomic E-state index is 12.9. The maximum Gasteiger partial charge on any atom is 0.289 e. The number of benzene rings is 1. The smallest absolute Gasteiger partial charge is 0.289 e. The van der Waals surface area contributed by atoms with Crippen molar-refractivity contribution in [2.75, 3.05) is 39.9 Å². The van der Waals surface area contributed by atoms with E-state index in [-0.39, 0.29) is 17.7 Å². The minimum absolute atomic E-state index is 0.0774. The number of rotatable bonds is 3. The zero-order valence-electron chi connectivity index (χ0n) is 15.2. The average Bonchev–Trinajstić information content (AvgIpc) is 3.27. The molecule has 0 bridgehead atoms. The van der Waals surface area contributed by atoms with Crippen LogP contribution in [0, 0.1) is 5.92 Å². The molecule has 7 heteroatoms. The predicted molar refractivity (Wildman–Crippen MR) is 96.9 cm³/mol. The second-order valence-electron chi connectivity index (χ2n) is 6.78. The Morgan fingerprint density at radius 1 is 1.11 bits per heavy atom. The Bertz CT molecular complexity index is 825. The van der Waals surface area contributed by atoms with Crippen molar-refractivity contribution in [3.05, 3.63) is 47.9 Å². The van der Waals surface area contributed by atoms with Crippen LogP contribution in [0.2, 0.25) is 0 Å². The number of amides is 2. The molecule has 27 heavy (non-hydrogen) atoms. The molecule has 0 spiro atoms. The molecule has 1 saturated heterocycles. The second kappa shape index (κ2) is 7.34. The van der Waals surface area contributed by atoms with Gasteiger partial charge in [0, 0.05) is 26.2 Å². The molecule has 7 nitrogen and oxygen atoms in total. The van der Waals surface area contributed by atoms with E-state index < -0.39 is 0 Å². The Kier molecular flexibility index (Phi) is 4.75. The van der Waals surface area contributed by atoms with Gasteiger partial charge in [-0.2, -0.15) is 0 Å². The lowest BCUT2D eigenvalue weighted by molar-refractivity contribution is -0.138. The van der Waals surface area contributed by atoms with Crippen LogP contribution in [0.15, 0.2) is 41.0 Å². The van der Waals surface area contributed by atoms with Crippen LogP contribution >= 0.6 is 0 Å². The van der Waals surface area contributed by atoms with Crippen LogP contribution in [0.25, 0.3) is 0 Å². The van der Waals surface area contributed by atoms with Crippen molar-refractivity contribution in [3.8, 4) is 11.5 Å². The molecule has 1 fully saturated rings. The first kappa shape index (κ1) is 17.5. The third-order valence-electron chi connectivity index (χ3n) is 5.13. The molecular weight excluding hydrogens is 348 g/mol. The quantitative estimate of drug-likeness (QED) is 0.824. The normalized spacial score (nSPS) is 19.2. The Labute approximate surface area is 157 Å². The fraction of sp³-hybridized carbons (Fsp3) is 0.400. The Balaban J connectivity index is 1.36. The fourth-order valence-electron chi connectivity index (χ4n) is 3.60. The summed E-state index contributed by atoms with van der Waals surface area (Å²) >= 11 is 0. The Morgan fingerprint density at radius 2 is 1.89 bits per heavy atom. The lowest BCUT2D eigenvalue weighted by atomic mass is 9.95. The molecular formula is C20H22N2O5. The SMILES string of the molecule is COc1ccc2c(c1)C[C@@H](C(=O)N1CCN(C(=O)c3ccco3)CC1)CO2. The highest BCUT2D eigenvalue weighted by Crippen LogP contribution is 2.31. The molecule has 2 aromatic rings. The molecule has 1 atom stereocenters. The van der Waals surface area contributed by atoms with Crippen molar-refractivity contribution in [1.82, 2.24) is 9.80 Å². The standard InChI is InChI=1S/C20H22N2O5/c1-25-16-4-5-17-14(12-16)11-15(13-27-17)19(23)21-6-8-22(9-7-21)20(24)18-3-2-10-26-18/h2-5,10,12,15H,6-9,11,13H2,1H3/t15-/m1/s1. The summed E-state index contributed by atoms with van der Waals surface area (Å²) in [5, 5.41) is 0. The first-order chi connectivity index (χ1) is 13.2. The van der Waals surface area contributed by atoms with E-state index in [0.29, 0.717) is 45.0 Å². The van der Waals surface area contributed by atoms with Crippen LogP contribution in [0.4, 0.5) is 0 Å². The predicted octanol–water partition coefficient (Wildman–Crippen LogP) is 1.82. The van der Waals surface area contributed by atoms with Gasteiger partial charge in [-0.15, -0.1) is 0 Å². The van der Waals surface area contributed by atoms with E-state index in [1.54, 1.807) is 24.1 Å². The van der Waals surface area contributed by atoms with Crippen molar-refractivity contribution in [1.29, 1.82) is 0 Å². The lowest BCUT2D eigenvalue weighted by Gasteiger charge is -2.37. The van der Waals surface area contributed by atoms with Gasteiger partial charge in [0.05, 0.1) is 19.3 Å². The maximum atomic E-state index is 12.9. The number of hydrogen-bond donors (Lipinski definition) is 0. The van der Waals surface area contributed by atoms with Gasteiger partial charge >= 0.3 is 0 Å². The second-order valence-corrected chi connectivity index (χ2v) is 6.78. The van der Waals surface area contributed by atoms with Gasteiger partial charge in [0.15, 0.2) is 5.76 Å². The topological polar surface area (TPSA) is 72.2 Å². The van der Waals surface area contributed by atoms with Gasteiger partial charge < -0.3 is 23.7 Å².